The van der Waals surface area contributed by atoms with Crippen LogP contribution in [0.25, 0.3) is 5.69 Å². The summed E-state index contributed by atoms with van der Waals surface area (Å²) in [4.78, 5) is 12.7. The monoisotopic (exact) mass is 523 g/mol. The molecule has 0 saturated heterocycles. The number of nitrogens with zero attached hydrogens (tertiary/aromatic N) is 3. The van der Waals surface area contributed by atoms with Crippen LogP contribution in [0.4, 0.5) is 11.4 Å². The first-order valence-corrected chi connectivity index (χ1v) is 13.4. The van der Waals surface area contributed by atoms with E-state index in [1.807, 2.05) is 54.0 Å². The van der Waals surface area contributed by atoms with E-state index in [2.05, 4.69) is 20.2 Å². The minimum Gasteiger partial charge on any atom is -0.377 e. The van der Waals surface area contributed by atoms with Crippen LogP contribution >= 0.6 is 11.8 Å². The van der Waals surface area contributed by atoms with Gasteiger partial charge in [-0.2, -0.15) is 0 Å². The second-order valence-corrected chi connectivity index (χ2v) is 10.5. The molecule has 11 heteroatoms. The minimum atomic E-state index is -3.75. The first kappa shape index (κ1) is 25.4. The molecule has 36 heavy (non-hydrogen) atoms. The van der Waals surface area contributed by atoms with E-state index in [1.165, 1.54) is 23.9 Å². The third kappa shape index (κ3) is 6.30. The van der Waals surface area contributed by atoms with Crippen LogP contribution < -0.4 is 10.0 Å². The number of benzene rings is 3. The Bertz CT molecular complexity index is 1420. The lowest BCUT2D eigenvalue weighted by Crippen LogP contribution is -2.15. The van der Waals surface area contributed by atoms with Gasteiger partial charge >= 0.3 is 0 Å². The zero-order chi connectivity index (χ0) is 25.5. The number of amides is 1. The molecule has 0 spiro atoms. The molecule has 0 aliphatic carbocycles. The molecule has 2 N–H and O–H groups in total. The Morgan fingerprint density at radius 2 is 1.61 bits per heavy atom. The van der Waals surface area contributed by atoms with Crippen LogP contribution in [0.15, 0.2) is 88.9 Å². The van der Waals surface area contributed by atoms with E-state index >= 15 is 0 Å². The van der Waals surface area contributed by atoms with Crippen molar-refractivity contribution >= 4 is 39.1 Å². The lowest BCUT2D eigenvalue weighted by atomic mass is 10.2. The predicted molar refractivity (Wildman–Crippen MR) is 140 cm³/mol. The zero-order valence-corrected chi connectivity index (χ0v) is 21.3. The van der Waals surface area contributed by atoms with Crippen LogP contribution in [0, 0.1) is 6.92 Å². The number of rotatable bonds is 10. The second kappa shape index (κ2) is 11.4. The average molecular weight is 524 g/mol. The van der Waals surface area contributed by atoms with Gasteiger partial charge in [0.1, 0.15) is 6.61 Å². The van der Waals surface area contributed by atoms with Crippen LogP contribution in [-0.2, 0) is 26.2 Å². The maximum atomic E-state index is 12.7. The number of anilines is 2. The van der Waals surface area contributed by atoms with E-state index in [4.69, 9.17) is 4.74 Å². The highest BCUT2D eigenvalue weighted by molar-refractivity contribution is 7.99. The molecule has 1 aromatic heterocycles. The van der Waals surface area contributed by atoms with Crippen molar-refractivity contribution in [2.75, 3.05) is 22.9 Å². The normalized spacial score (nSPS) is 11.3. The van der Waals surface area contributed by atoms with Crippen LogP contribution in [0.2, 0.25) is 0 Å². The first-order valence-electron chi connectivity index (χ1n) is 11.0. The van der Waals surface area contributed by atoms with Gasteiger partial charge in [0.2, 0.25) is 5.91 Å². The second-order valence-electron chi connectivity index (χ2n) is 7.84. The smallest absolute Gasteiger partial charge is 0.261 e. The summed E-state index contributed by atoms with van der Waals surface area (Å²) in [5.41, 5.74) is 2.87. The van der Waals surface area contributed by atoms with Gasteiger partial charge in [0, 0.05) is 24.2 Å². The van der Waals surface area contributed by atoms with Gasteiger partial charge in [0.25, 0.3) is 10.0 Å². The molecule has 0 aliphatic heterocycles. The predicted octanol–water partition coefficient (Wildman–Crippen LogP) is 4.25. The standard InChI is InChI=1S/C25H25N5O4S2/c1-18-8-10-20(11-9-18)29-36(32,33)22-14-12-19(13-15-22)26-24(31)17-35-25-28-27-23(16-34-2)30(25)21-6-4-3-5-7-21/h3-15,29H,16-17H2,1-2H3,(H,26,31). The zero-order valence-electron chi connectivity index (χ0n) is 19.7. The summed E-state index contributed by atoms with van der Waals surface area (Å²) in [7, 11) is -2.16. The number of thioether (sulfide) groups is 1. The first-order chi connectivity index (χ1) is 17.4. The molecular formula is C25H25N5O4S2. The highest BCUT2D eigenvalue weighted by atomic mass is 32.2. The fourth-order valence-corrected chi connectivity index (χ4v) is 5.16. The van der Waals surface area contributed by atoms with E-state index in [0.717, 1.165) is 11.3 Å². The molecule has 0 radical (unpaired) electrons. The number of hydrogen-bond acceptors (Lipinski definition) is 7. The third-order valence-electron chi connectivity index (χ3n) is 5.07. The van der Waals surface area contributed by atoms with E-state index in [-0.39, 0.29) is 23.2 Å². The number of hydrogen-bond donors (Lipinski definition) is 2. The van der Waals surface area contributed by atoms with Crippen molar-refractivity contribution in [3.05, 3.63) is 90.3 Å². The quantitative estimate of drug-likeness (QED) is 0.299. The molecule has 0 bridgehead atoms. The molecule has 4 rings (SSSR count). The molecule has 0 unspecified atom stereocenters. The SMILES string of the molecule is COCc1nnc(SCC(=O)Nc2ccc(S(=O)(=O)Nc3ccc(C)cc3)cc2)n1-c1ccccc1. The Labute approximate surface area is 214 Å². The van der Waals surface area contributed by atoms with Gasteiger partial charge in [-0.05, 0) is 55.5 Å². The van der Waals surface area contributed by atoms with Gasteiger partial charge in [-0.3, -0.25) is 14.1 Å². The van der Waals surface area contributed by atoms with E-state index in [0.29, 0.717) is 22.4 Å². The van der Waals surface area contributed by atoms with E-state index < -0.39 is 10.0 Å². The fourth-order valence-electron chi connectivity index (χ4n) is 3.33. The summed E-state index contributed by atoms with van der Waals surface area (Å²) in [6.07, 6.45) is 0. The van der Waals surface area contributed by atoms with Crippen LogP contribution in [0.3, 0.4) is 0 Å². The Morgan fingerprint density at radius 3 is 2.28 bits per heavy atom. The lowest BCUT2D eigenvalue weighted by molar-refractivity contribution is -0.113. The van der Waals surface area contributed by atoms with Crippen molar-refractivity contribution in [2.45, 2.75) is 23.6 Å². The van der Waals surface area contributed by atoms with Crippen molar-refractivity contribution in [1.82, 2.24) is 14.8 Å². The third-order valence-corrected chi connectivity index (χ3v) is 7.40. The van der Waals surface area contributed by atoms with Gasteiger partial charge < -0.3 is 10.1 Å². The Kier molecular flexibility index (Phi) is 8.04. The van der Waals surface area contributed by atoms with Gasteiger partial charge in [0.05, 0.1) is 10.6 Å². The highest BCUT2D eigenvalue weighted by Crippen LogP contribution is 2.23. The van der Waals surface area contributed by atoms with Crippen molar-refractivity contribution < 1.29 is 17.9 Å². The summed E-state index contributed by atoms with van der Waals surface area (Å²) in [6.45, 7) is 2.21. The van der Waals surface area contributed by atoms with Gasteiger partial charge in [-0.1, -0.05) is 47.7 Å². The summed E-state index contributed by atoms with van der Waals surface area (Å²) < 4.78 is 34.9. The van der Waals surface area contributed by atoms with Crippen LogP contribution in [-0.4, -0.2) is 42.0 Å². The fraction of sp³-hybridized carbons (Fsp3) is 0.160. The molecular weight excluding hydrogens is 498 g/mol. The van der Waals surface area contributed by atoms with Gasteiger partial charge in [0.15, 0.2) is 11.0 Å². The molecule has 4 aromatic rings. The van der Waals surface area contributed by atoms with Crippen LogP contribution in [0.5, 0.6) is 0 Å². The molecule has 1 heterocycles. The average Bonchev–Trinajstić information content (AvgIpc) is 3.27. The Morgan fingerprint density at radius 1 is 0.944 bits per heavy atom. The maximum Gasteiger partial charge on any atom is 0.261 e. The summed E-state index contributed by atoms with van der Waals surface area (Å²) in [5, 5.41) is 11.7. The number of methoxy groups -OCH3 is 1. The number of aryl methyl sites for hydroxylation is 1. The highest BCUT2D eigenvalue weighted by Gasteiger charge is 2.17. The van der Waals surface area contributed by atoms with Crippen LogP contribution in [0.1, 0.15) is 11.4 Å². The van der Waals surface area contributed by atoms with E-state index in [9.17, 15) is 13.2 Å². The van der Waals surface area contributed by atoms with E-state index in [1.54, 1.807) is 31.4 Å². The van der Waals surface area contributed by atoms with Crippen molar-refractivity contribution in [3.63, 3.8) is 0 Å². The number of aromatic nitrogens is 3. The summed E-state index contributed by atoms with van der Waals surface area (Å²) in [5.74, 6) is 0.458. The Balaban J connectivity index is 1.39. The topological polar surface area (TPSA) is 115 Å². The number of nitrogens with one attached hydrogen (secondary N) is 2. The molecule has 186 valence electrons. The minimum absolute atomic E-state index is 0.0903. The number of carbonyl (C=O) groups is 1. The van der Waals surface area contributed by atoms with Gasteiger partial charge in [-0.25, -0.2) is 8.42 Å². The molecule has 0 atom stereocenters. The largest absolute Gasteiger partial charge is 0.377 e. The number of carbonyl (C=O) groups excluding carboxylic acids is 1. The number of para-hydroxylation sites is 1. The van der Waals surface area contributed by atoms with Crippen molar-refractivity contribution in [2.24, 2.45) is 0 Å². The lowest BCUT2D eigenvalue weighted by Gasteiger charge is -2.11. The molecule has 0 aliphatic rings. The number of sulfonamides is 1. The summed E-state index contributed by atoms with van der Waals surface area (Å²) >= 11 is 1.24. The van der Waals surface area contributed by atoms with Gasteiger partial charge in [-0.15, -0.1) is 10.2 Å². The molecule has 9 nitrogen and oxygen atoms in total. The molecule has 0 saturated carbocycles. The van der Waals surface area contributed by atoms with Crippen molar-refractivity contribution in [1.29, 1.82) is 0 Å². The number of ether oxygens (including phenoxy) is 1. The molecule has 0 fully saturated rings. The van der Waals surface area contributed by atoms with Crippen molar-refractivity contribution in [3.8, 4) is 5.69 Å². The summed E-state index contributed by atoms with van der Waals surface area (Å²) in [6, 6.07) is 22.7. The Hall–Kier alpha value is -3.67. The molecule has 1 amide bonds. The molecule has 3 aromatic carbocycles. The maximum absolute atomic E-state index is 12.7.